The molecule has 8 heteroatoms. The number of carbonyl (C=O) groups excluding carboxylic acids is 1. The van der Waals surface area contributed by atoms with Crippen LogP contribution >= 0.6 is 0 Å². The van der Waals surface area contributed by atoms with Crippen molar-refractivity contribution >= 4 is 11.7 Å². The number of hydrogen-bond donors (Lipinski definition) is 1. The summed E-state index contributed by atoms with van der Waals surface area (Å²) in [7, 11) is 3.09. The van der Waals surface area contributed by atoms with Gasteiger partial charge in [0.25, 0.3) is 0 Å². The second-order valence-corrected chi connectivity index (χ2v) is 7.58. The number of aromatic nitrogens is 1. The Morgan fingerprint density at radius 1 is 1.03 bits per heavy atom. The molecule has 0 bridgehead atoms. The number of hydrogen-bond acceptors (Lipinski definition) is 5. The average molecular weight is 440 g/mol. The zero-order valence-electron chi connectivity index (χ0n) is 17.6. The fourth-order valence-corrected chi connectivity index (χ4v) is 3.76. The Balaban J connectivity index is 1.59. The normalized spacial score (nSPS) is 19.2. The van der Waals surface area contributed by atoms with E-state index in [2.05, 4.69) is 10.3 Å². The molecule has 0 spiro atoms. The third-order valence-electron chi connectivity index (χ3n) is 5.64. The molecule has 1 aliphatic carbocycles. The van der Waals surface area contributed by atoms with E-state index < -0.39 is 17.2 Å². The average Bonchev–Trinajstić information content (AvgIpc) is 3.56. The Bertz CT molecular complexity index is 1110. The summed E-state index contributed by atoms with van der Waals surface area (Å²) in [5.74, 6) is 0.376. The van der Waals surface area contributed by atoms with Gasteiger partial charge in [0.1, 0.15) is 23.2 Å². The van der Waals surface area contributed by atoms with Gasteiger partial charge in [-0.25, -0.2) is 13.8 Å². The Hall–Kier alpha value is -3.68. The monoisotopic (exact) mass is 440 g/mol. The van der Waals surface area contributed by atoms with Gasteiger partial charge in [0, 0.05) is 5.41 Å². The molecule has 1 heterocycles. The van der Waals surface area contributed by atoms with Gasteiger partial charge in [-0.05, 0) is 60.5 Å². The molecule has 1 aliphatic rings. The predicted octanol–water partition coefficient (Wildman–Crippen LogP) is 4.35. The van der Waals surface area contributed by atoms with Crippen LogP contribution in [0.15, 0.2) is 60.8 Å². The van der Waals surface area contributed by atoms with Gasteiger partial charge >= 0.3 is 0 Å². The molecular formula is C24H22F2N2O4. The molecule has 166 valence electrons. The van der Waals surface area contributed by atoms with Crippen molar-refractivity contribution in [3.05, 3.63) is 78.0 Å². The third-order valence-corrected chi connectivity index (χ3v) is 5.64. The summed E-state index contributed by atoms with van der Waals surface area (Å²) in [6.07, 6.45) is 1.57. The van der Waals surface area contributed by atoms with Gasteiger partial charge in [0.2, 0.25) is 5.91 Å². The molecule has 6 nitrogen and oxygen atoms in total. The number of benzene rings is 2. The quantitative estimate of drug-likeness (QED) is 0.564. The van der Waals surface area contributed by atoms with Crippen LogP contribution in [0.3, 0.4) is 0 Å². The molecule has 0 saturated heterocycles. The van der Waals surface area contributed by atoms with E-state index in [1.807, 2.05) is 12.1 Å². The first kappa shape index (κ1) is 21.5. The molecule has 2 atom stereocenters. The van der Waals surface area contributed by atoms with E-state index in [-0.39, 0.29) is 24.1 Å². The first-order valence-corrected chi connectivity index (χ1v) is 9.98. The number of ether oxygens (including phenoxy) is 3. The van der Waals surface area contributed by atoms with Crippen LogP contribution in [0.4, 0.5) is 14.6 Å². The number of anilines is 1. The minimum Gasteiger partial charge on any atom is -0.493 e. The Morgan fingerprint density at radius 3 is 2.41 bits per heavy atom. The summed E-state index contributed by atoms with van der Waals surface area (Å²) < 4.78 is 43.0. The summed E-state index contributed by atoms with van der Waals surface area (Å²) in [6, 6.07) is 13.8. The maximum atomic E-state index is 13.2. The molecular weight excluding hydrogens is 418 g/mol. The third kappa shape index (κ3) is 4.34. The molecule has 3 aromatic rings. The number of nitrogens with one attached hydrogen (secondary N) is 1. The van der Waals surface area contributed by atoms with Crippen LogP contribution in [0, 0.1) is 17.6 Å². The van der Waals surface area contributed by atoms with Crippen LogP contribution in [-0.2, 0) is 10.2 Å². The molecule has 1 fully saturated rings. The van der Waals surface area contributed by atoms with Gasteiger partial charge in [-0.2, -0.15) is 0 Å². The van der Waals surface area contributed by atoms with Crippen LogP contribution in [0.5, 0.6) is 17.2 Å². The fourth-order valence-electron chi connectivity index (χ4n) is 3.76. The van der Waals surface area contributed by atoms with Crippen molar-refractivity contribution < 1.29 is 27.8 Å². The van der Waals surface area contributed by atoms with Crippen LogP contribution < -0.4 is 19.5 Å². The van der Waals surface area contributed by atoms with E-state index in [0.29, 0.717) is 23.7 Å². The minimum atomic E-state index is -0.627. The van der Waals surface area contributed by atoms with Crippen molar-refractivity contribution in [3.8, 4) is 17.2 Å². The highest BCUT2D eigenvalue weighted by Crippen LogP contribution is 2.56. The van der Waals surface area contributed by atoms with E-state index in [9.17, 15) is 13.6 Å². The number of amides is 1. The summed E-state index contributed by atoms with van der Waals surface area (Å²) in [4.78, 5) is 16.9. The second-order valence-electron chi connectivity index (χ2n) is 7.58. The van der Waals surface area contributed by atoms with Crippen molar-refractivity contribution in [3.63, 3.8) is 0 Å². The van der Waals surface area contributed by atoms with E-state index in [4.69, 9.17) is 14.2 Å². The Labute approximate surface area is 184 Å². The number of pyridine rings is 1. The molecule has 1 saturated carbocycles. The molecule has 2 unspecified atom stereocenters. The van der Waals surface area contributed by atoms with E-state index >= 15 is 0 Å². The Morgan fingerprint density at radius 2 is 1.75 bits per heavy atom. The van der Waals surface area contributed by atoms with Crippen molar-refractivity contribution in [2.45, 2.75) is 11.8 Å². The van der Waals surface area contributed by atoms with Gasteiger partial charge in [0.05, 0.1) is 32.9 Å². The van der Waals surface area contributed by atoms with Crippen LogP contribution in [0.1, 0.15) is 12.0 Å². The Kier molecular flexibility index (Phi) is 5.94. The maximum absolute atomic E-state index is 13.2. The fraction of sp³-hybridized carbons (Fsp3) is 0.250. The van der Waals surface area contributed by atoms with Gasteiger partial charge in [-0.3, -0.25) is 4.79 Å². The number of halogens is 2. The smallest absolute Gasteiger partial charge is 0.229 e. The summed E-state index contributed by atoms with van der Waals surface area (Å²) in [6.45, 7) is 0.197. The standard InChI is InChI=1S/C24H22F2N2O4/c1-30-20-9-3-15(11-21(20)31-2)24(14-32-18-7-4-16(25)5-8-18)12-19(24)23(29)28-22-10-6-17(26)13-27-22/h3-11,13,19H,12,14H2,1-2H3,(H,27,28,29). The topological polar surface area (TPSA) is 69.7 Å². The number of carbonyl (C=O) groups is 1. The van der Waals surface area contributed by atoms with Crippen molar-refractivity contribution in [1.29, 1.82) is 0 Å². The molecule has 0 aliphatic heterocycles. The van der Waals surface area contributed by atoms with Gasteiger partial charge in [0.15, 0.2) is 11.5 Å². The largest absolute Gasteiger partial charge is 0.493 e. The van der Waals surface area contributed by atoms with Gasteiger partial charge in [-0.1, -0.05) is 6.07 Å². The lowest BCUT2D eigenvalue weighted by molar-refractivity contribution is -0.117. The maximum Gasteiger partial charge on any atom is 0.229 e. The van der Waals surface area contributed by atoms with E-state index in [1.54, 1.807) is 20.3 Å². The number of nitrogens with zero attached hydrogens (tertiary/aromatic N) is 1. The van der Waals surface area contributed by atoms with Crippen LogP contribution in [0.2, 0.25) is 0 Å². The summed E-state index contributed by atoms with van der Waals surface area (Å²) >= 11 is 0. The lowest BCUT2D eigenvalue weighted by atomic mass is 9.93. The van der Waals surface area contributed by atoms with Crippen molar-refractivity contribution in [2.75, 3.05) is 26.1 Å². The highest BCUT2D eigenvalue weighted by Gasteiger charge is 2.60. The molecule has 0 radical (unpaired) electrons. The molecule has 1 aromatic heterocycles. The molecule has 1 amide bonds. The lowest BCUT2D eigenvalue weighted by Crippen LogP contribution is -2.26. The summed E-state index contributed by atoms with van der Waals surface area (Å²) in [5.41, 5.74) is 0.224. The van der Waals surface area contributed by atoms with Crippen LogP contribution in [0.25, 0.3) is 0 Å². The lowest BCUT2D eigenvalue weighted by Gasteiger charge is -2.20. The molecule has 4 rings (SSSR count). The van der Waals surface area contributed by atoms with Gasteiger partial charge < -0.3 is 19.5 Å². The van der Waals surface area contributed by atoms with Gasteiger partial charge in [-0.15, -0.1) is 0 Å². The number of rotatable bonds is 8. The highest BCUT2D eigenvalue weighted by molar-refractivity contribution is 5.95. The summed E-state index contributed by atoms with van der Waals surface area (Å²) in [5, 5.41) is 2.73. The van der Waals surface area contributed by atoms with Crippen molar-refractivity contribution in [2.24, 2.45) is 5.92 Å². The first-order valence-electron chi connectivity index (χ1n) is 9.98. The molecule has 2 aromatic carbocycles. The number of methoxy groups -OCH3 is 2. The van der Waals surface area contributed by atoms with Crippen molar-refractivity contribution in [1.82, 2.24) is 4.98 Å². The van der Waals surface area contributed by atoms with Crippen LogP contribution in [-0.4, -0.2) is 31.7 Å². The SMILES string of the molecule is COc1ccc(C2(COc3ccc(F)cc3)CC2C(=O)Nc2ccc(F)cn2)cc1OC. The zero-order chi connectivity index (χ0) is 22.7. The first-order chi connectivity index (χ1) is 15.4. The molecule has 32 heavy (non-hydrogen) atoms. The highest BCUT2D eigenvalue weighted by atomic mass is 19.1. The van der Waals surface area contributed by atoms with E-state index in [0.717, 1.165) is 11.8 Å². The zero-order valence-corrected chi connectivity index (χ0v) is 17.6. The second kappa shape index (κ2) is 8.82. The predicted molar refractivity (Wildman–Crippen MR) is 114 cm³/mol. The minimum absolute atomic E-state index is 0.197. The molecule has 1 N–H and O–H groups in total. The van der Waals surface area contributed by atoms with E-state index in [1.165, 1.54) is 36.4 Å².